The van der Waals surface area contributed by atoms with Gasteiger partial charge in [0.1, 0.15) is 5.82 Å². The van der Waals surface area contributed by atoms with E-state index in [-0.39, 0.29) is 5.82 Å². The first-order chi connectivity index (χ1) is 8.16. The Labute approximate surface area is 104 Å². The van der Waals surface area contributed by atoms with E-state index in [0.717, 1.165) is 11.8 Å². The maximum Gasteiger partial charge on any atom is 0.123 e. The van der Waals surface area contributed by atoms with Crippen molar-refractivity contribution in [2.24, 2.45) is 11.8 Å². The molecular weight excluding hydrogens is 211 g/mol. The molecule has 1 saturated carbocycles. The zero-order valence-corrected chi connectivity index (χ0v) is 11.0. The van der Waals surface area contributed by atoms with Gasteiger partial charge in [0.05, 0.1) is 0 Å². The molecule has 1 aromatic rings. The zero-order chi connectivity index (χ0) is 12.3. The Bertz CT molecular complexity index is 339. The quantitative estimate of drug-likeness (QED) is 0.621. The lowest BCUT2D eigenvalue weighted by Crippen LogP contribution is -2.07. The van der Waals surface area contributed by atoms with E-state index in [4.69, 9.17) is 0 Å². The van der Waals surface area contributed by atoms with Crippen molar-refractivity contribution >= 4 is 0 Å². The van der Waals surface area contributed by atoms with Crippen molar-refractivity contribution < 1.29 is 4.39 Å². The molecule has 0 N–H and O–H groups in total. The Morgan fingerprint density at radius 1 is 1.00 bits per heavy atom. The summed E-state index contributed by atoms with van der Waals surface area (Å²) < 4.78 is 12.9. The van der Waals surface area contributed by atoms with Gasteiger partial charge in [0, 0.05) is 0 Å². The Morgan fingerprint density at radius 3 is 2.35 bits per heavy atom. The van der Waals surface area contributed by atoms with Gasteiger partial charge >= 0.3 is 0 Å². The number of halogens is 1. The molecular formula is C16H23F. The molecule has 1 aromatic carbocycles. The molecule has 1 heteroatoms. The molecule has 2 atom stereocenters. The van der Waals surface area contributed by atoms with Crippen molar-refractivity contribution in [2.45, 2.75) is 51.9 Å². The smallest absolute Gasteiger partial charge is 0.123 e. The SMILES string of the molecule is CC(C)C1CCCC(c2ccc(F)cc2)CC1. The third-order valence-electron chi connectivity index (χ3n) is 4.30. The molecule has 0 aromatic heterocycles. The standard InChI is InChI=1S/C16H23F/c1-12(2)13-4-3-5-14(7-6-13)15-8-10-16(17)11-9-15/h8-14H,3-7H2,1-2H3. The predicted molar refractivity (Wildman–Crippen MR) is 70.6 cm³/mol. The van der Waals surface area contributed by atoms with Crippen molar-refractivity contribution in [1.29, 1.82) is 0 Å². The van der Waals surface area contributed by atoms with Crippen LogP contribution in [-0.4, -0.2) is 0 Å². The summed E-state index contributed by atoms with van der Waals surface area (Å²) in [6, 6.07) is 7.13. The topological polar surface area (TPSA) is 0 Å². The first-order valence-corrected chi connectivity index (χ1v) is 6.92. The molecule has 1 fully saturated rings. The van der Waals surface area contributed by atoms with Gasteiger partial charge < -0.3 is 0 Å². The van der Waals surface area contributed by atoms with E-state index >= 15 is 0 Å². The van der Waals surface area contributed by atoms with Crippen LogP contribution in [0.15, 0.2) is 24.3 Å². The second kappa shape index (κ2) is 5.66. The minimum Gasteiger partial charge on any atom is -0.207 e. The van der Waals surface area contributed by atoms with Crippen LogP contribution in [0.1, 0.15) is 57.4 Å². The van der Waals surface area contributed by atoms with Crippen LogP contribution in [-0.2, 0) is 0 Å². The second-order valence-electron chi connectivity index (χ2n) is 5.76. The molecule has 2 rings (SSSR count). The third-order valence-corrected chi connectivity index (χ3v) is 4.30. The van der Waals surface area contributed by atoms with Gasteiger partial charge in [-0.25, -0.2) is 4.39 Å². The van der Waals surface area contributed by atoms with Gasteiger partial charge in [-0.05, 0) is 54.7 Å². The Kier molecular flexibility index (Phi) is 4.20. The summed E-state index contributed by atoms with van der Waals surface area (Å²) in [5.74, 6) is 2.23. The Hall–Kier alpha value is -0.850. The molecule has 0 radical (unpaired) electrons. The molecule has 0 nitrogen and oxygen atoms in total. The first-order valence-electron chi connectivity index (χ1n) is 6.92. The summed E-state index contributed by atoms with van der Waals surface area (Å²) in [4.78, 5) is 0. The summed E-state index contributed by atoms with van der Waals surface area (Å²) in [5.41, 5.74) is 1.33. The normalized spacial score (nSPS) is 25.9. The number of benzene rings is 1. The highest BCUT2D eigenvalue weighted by atomic mass is 19.1. The average molecular weight is 234 g/mol. The van der Waals surface area contributed by atoms with E-state index < -0.39 is 0 Å². The minimum atomic E-state index is -0.123. The molecule has 0 heterocycles. The molecule has 0 amide bonds. The summed E-state index contributed by atoms with van der Waals surface area (Å²) >= 11 is 0. The molecule has 17 heavy (non-hydrogen) atoms. The van der Waals surface area contributed by atoms with Crippen molar-refractivity contribution in [3.8, 4) is 0 Å². The summed E-state index contributed by atoms with van der Waals surface area (Å²) in [6.07, 6.45) is 6.57. The fourth-order valence-corrected chi connectivity index (χ4v) is 3.07. The van der Waals surface area contributed by atoms with E-state index in [1.165, 1.54) is 37.7 Å². The molecule has 0 bridgehead atoms. The molecule has 0 saturated heterocycles. The summed E-state index contributed by atoms with van der Waals surface area (Å²) in [5, 5.41) is 0. The maximum atomic E-state index is 12.9. The van der Waals surface area contributed by atoms with Crippen LogP contribution in [0.4, 0.5) is 4.39 Å². The summed E-state index contributed by atoms with van der Waals surface area (Å²) in [7, 11) is 0. The van der Waals surface area contributed by atoms with Gasteiger partial charge in [-0.15, -0.1) is 0 Å². The van der Waals surface area contributed by atoms with Crippen LogP contribution in [0.25, 0.3) is 0 Å². The fraction of sp³-hybridized carbons (Fsp3) is 0.625. The molecule has 1 aliphatic rings. The molecule has 0 aliphatic heterocycles. The lowest BCUT2D eigenvalue weighted by Gasteiger charge is -2.18. The van der Waals surface area contributed by atoms with Crippen LogP contribution in [0.2, 0.25) is 0 Å². The number of hydrogen-bond acceptors (Lipinski definition) is 0. The Morgan fingerprint density at radius 2 is 1.71 bits per heavy atom. The lowest BCUT2D eigenvalue weighted by molar-refractivity contribution is 0.341. The van der Waals surface area contributed by atoms with Gasteiger partial charge in [-0.3, -0.25) is 0 Å². The van der Waals surface area contributed by atoms with E-state index in [0.29, 0.717) is 5.92 Å². The van der Waals surface area contributed by atoms with Crippen molar-refractivity contribution in [3.05, 3.63) is 35.6 Å². The highest BCUT2D eigenvalue weighted by Gasteiger charge is 2.21. The predicted octanol–water partition coefficient (Wildman–Crippen LogP) is 5.15. The Balaban J connectivity index is 2.01. The highest BCUT2D eigenvalue weighted by molar-refractivity contribution is 5.20. The first kappa shape index (κ1) is 12.6. The zero-order valence-electron chi connectivity index (χ0n) is 11.0. The van der Waals surface area contributed by atoms with Crippen LogP contribution in [0.3, 0.4) is 0 Å². The molecule has 94 valence electrons. The van der Waals surface area contributed by atoms with Gasteiger partial charge in [0.2, 0.25) is 0 Å². The fourth-order valence-electron chi connectivity index (χ4n) is 3.07. The van der Waals surface area contributed by atoms with Crippen LogP contribution in [0.5, 0.6) is 0 Å². The largest absolute Gasteiger partial charge is 0.207 e. The number of rotatable bonds is 2. The number of hydrogen-bond donors (Lipinski definition) is 0. The molecule has 2 unspecified atom stereocenters. The second-order valence-corrected chi connectivity index (χ2v) is 5.76. The van der Waals surface area contributed by atoms with E-state index in [2.05, 4.69) is 13.8 Å². The van der Waals surface area contributed by atoms with Crippen molar-refractivity contribution in [2.75, 3.05) is 0 Å². The molecule has 1 aliphatic carbocycles. The van der Waals surface area contributed by atoms with Gasteiger partial charge in [-0.2, -0.15) is 0 Å². The van der Waals surface area contributed by atoms with Gasteiger partial charge in [0.15, 0.2) is 0 Å². The van der Waals surface area contributed by atoms with Gasteiger partial charge in [-0.1, -0.05) is 38.8 Å². The minimum absolute atomic E-state index is 0.123. The monoisotopic (exact) mass is 234 g/mol. The van der Waals surface area contributed by atoms with Crippen molar-refractivity contribution in [3.63, 3.8) is 0 Å². The highest BCUT2D eigenvalue weighted by Crippen LogP contribution is 2.36. The van der Waals surface area contributed by atoms with Gasteiger partial charge in [0.25, 0.3) is 0 Å². The maximum absolute atomic E-state index is 12.9. The van der Waals surface area contributed by atoms with Crippen LogP contribution in [0, 0.1) is 17.7 Å². The molecule has 0 spiro atoms. The van der Waals surface area contributed by atoms with Crippen LogP contribution < -0.4 is 0 Å². The third kappa shape index (κ3) is 3.31. The lowest BCUT2D eigenvalue weighted by atomic mass is 9.87. The average Bonchev–Trinajstić information content (AvgIpc) is 2.55. The summed E-state index contributed by atoms with van der Waals surface area (Å²) in [6.45, 7) is 4.67. The van der Waals surface area contributed by atoms with Crippen molar-refractivity contribution in [1.82, 2.24) is 0 Å². The van der Waals surface area contributed by atoms with E-state index in [9.17, 15) is 4.39 Å². The van der Waals surface area contributed by atoms with Crippen LogP contribution >= 0.6 is 0 Å². The van der Waals surface area contributed by atoms with E-state index in [1.54, 1.807) is 12.1 Å². The van der Waals surface area contributed by atoms with E-state index in [1.807, 2.05) is 12.1 Å².